The molecule has 0 aromatic heterocycles. The largest absolute Gasteiger partial charge is 0.481 e. The zero-order valence-corrected chi connectivity index (χ0v) is 12.2. The monoisotopic (exact) mass is 308 g/mol. The number of carbonyl (C=O) groups is 1. The van der Waals surface area contributed by atoms with Crippen LogP contribution in [0.25, 0.3) is 0 Å². The van der Waals surface area contributed by atoms with Crippen molar-refractivity contribution in [2.45, 2.75) is 30.6 Å². The van der Waals surface area contributed by atoms with Gasteiger partial charge in [-0.1, -0.05) is 25.0 Å². The fourth-order valence-electron chi connectivity index (χ4n) is 2.62. The Morgan fingerprint density at radius 2 is 1.95 bits per heavy atom. The van der Waals surface area contributed by atoms with Gasteiger partial charge in [-0.25, -0.2) is 13.1 Å². The summed E-state index contributed by atoms with van der Waals surface area (Å²) in [4.78, 5) is 11.3. The van der Waals surface area contributed by atoms with Crippen LogP contribution >= 0.6 is 0 Å². The molecule has 112 valence electrons. The van der Waals surface area contributed by atoms with Gasteiger partial charge in [0.05, 0.1) is 15.9 Å². The minimum Gasteiger partial charge on any atom is -0.481 e. The lowest BCUT2D eigenvalue weighted by molar-refractivity contribution is -0.148. The van der Waals surface area contributed by atoms with Gasteiger partial charge in [0, 0.05) is 6.54 Å². The molecule has 1 fully saturated rings. The normalized spacial score (nSPS) is 17.3. The molecule has 0 bridgehead atoms. The standard InChI is InChI=1S/C14H16N2O4S/c15-9-11-5-1-2-6-12(11)21(19,20)16-10-14(13(17)18)7-3-4-8-14/h1-2,5-6,16H,3-4,7-8,10H2,(H,17,18). The minimum absolute atomic E-state index is 0.0424. The molecular weight excluding hydrogens is 292 g/mol. The molecule has 2 rings (SSSR count). The van der Waals surface area contributed by atoms with Crippen molar-refractivity contribution in [1.82, 2.24) is 4.72 Å². The number of carboxylic acids is 1. The van der Waals surface area contributed by atoms with Crippen molar-refractivity contribution in [2.75, 3.05) is 6.54 Å². The van der Waals surface area contributed by atoms with Crippen LogP contribution in [-0.2, 0) is 14.8 Å². The topological polar surface area (TPSA) is 107 Å². The number of hydrogen-bond acceptors (Lipinski definition) is 4. The highest BCUT2D eigenvalue weighted by atomic mass is 32.2. The van der Waals surface area contributed by atoms with E-state index in [-0.39, 0.29) is 17.0 Å². The molecule has 0 aliphatic heterocycles. The average Bonchev–Trinajstić information content (AvgIpc) is 2.95. The van der Waals surface area contributed by atoms with E-state index < -0.39 is 21.4 Å². The third kappa shape index (κ3) is 3.06. The number of rotatable bonds is 5. The zero-order chi connectivity index (χ0) is 15.5. The predicted octanol–water partition coefficient (Wildman–Crippen LogP) is 1.48. The Balaban J connectivity index is 2.22. The Bertz CT molecular complexity index is 685. The average molecular weight is 308 g/mol. The molecule has 21 heavy (non-hydrogen) atoms. The first-order chi connectivity index (χ1) is 9.91. The Hall–Kier alpha value is -1.91. The van der Waals surface area contributed by atoms with Crippen LogP contribution in [-0.4, -0.2) is 26.0 Å². The van der Waals surface area contributed by atoms with Crippen LogP contribution in [0.4, 0.5) is 0 Å². The molecule has 1 aliphatic rings. The number of carboxylic acid groups (broad SMARTS) is 1. The highest BCUT2D eigenvalue weighted by Gasteiger charge is 2.42. The molecule has 1 aromatic rings. The molecule has 0 heterocycles. The SMILES string of the molecule is N#Cc1ccccc1S(=O)(=O)NCC1(C(=O)O)CCCC1. The van der Waals surface area contributed by atoms with E-state index in [0.29, 0.717) is 12.8 Å². The van der Waals surface area contributed by atoms with E-state index >= 15 is 0 Å². The van der Waals surface area contributed by atoms with E-state index in [1.165, 1.54) is 18.2 Å². The Morgan fingerprint density at radius 3 is 2.52 bits per heavy atom. The second-order valence-corrected chi connectivity index (χ2v) is 6.96. The summed E-state index contributed by atoms with van der Waals surface area (Å²) in [5.74, 6) is -0.976. The second kappa shape index (κ2) is 5.84. The molecule has 1 aromatic carbocycles. The molecule has 6 nitrogen and oxygen atoms in total. The number of aliphatic carboxylic acids is 1. The zero-order valence-electron chi connectivity index (χ0n) is 11.4. The van der Waals surface area contributed by atoms with Crippen LogP contribution in [0.2, 0.25) is 0 Å². The number of nitrogens with one attached hydrogen (secondary N) is 1. The summed E-state index contributed by atoms with van der Waals surface area (Å²) in [5.41, 5.74) is -0.991. The highest BCUT2D eigenvalue weighted by molar-refractivity contribution is 7.89. The molecule has 1 saturated carbocycles. The Morgan fingerprint density at radius 1 is 1.33 bits per heavy atom. The summed E-state index contributed by atoms with van der Waals surface area (Å²) in [6, 6.07) is 7.68. The molecule has 0 spiro atoms. The number of hydrogen-bond donors (Lipinski definition) is 2. The van der Waals surface area contributed by atoms with Crippen molar-refractivity contribution >= 4 is 16.0 Å². The first kappa shape index (κ1) is 15.5. The van der Waals surface area contributed by atoms with E-state index in [9.17, 15) is 18.3 Å². The van der Waals surface area contributed by atoms with Crippen LogP contribution in [0.1, 0.15) is 31.2 Å². The summed E-state index contributed by atoms with van der Waals surface area (Å²) >= 11 is 0. The summed E-state index contributed by atoms with van der Waals surface area (Å²) in [6.07, 6.45) is 2.49. The molecule has 0 unspecified atom stereocenters. The van der Waals surface area contributed by atoms with Crippen LogP contribution in [0.5, 0.6) is 0 Å². The quantitative estimate of drug-likeness (QED) is 0.856. The van der Waals surface area contributed by atoms with Gasteiger partial charge in [0.1, 0.15) is 6.07 Å². The molecule has 0 atom stereocenters. The molecule has 0 saturated heterocycles. The van der Waals surface area contributed by atoms with E-state index in [4.69, 9.17) is 5.26 Å². The lowest BCUT2D eigenvalue weighted by atomic mass is 9.87. The number of nitriles is 1. The van der Waals surface area contributed by atoms with Crippen LogP contribution in [0, 0.1) is 16.7 Å². The maximum Gasteiger partial charge on any atom is 0.310 e. The summed E-state index contributed by atoms with van der Waals surface area (Å²) in [5, 5.41) is 18.3. The van der Waals surface area contributed by atoms with Crippen LogP contribution in [0.3, 0.4) is 0 Å². The number of sulfonamides is 1. The summed E-state index contributed by atoms with van der Waals surface area (Å²) in [6.45, 7) is -0.148. The lowest BCUT2D eigenvalue weighted by Crippen LogP contribution is -2.41. The van der Waals surface area contributed by atoms with E-state index in [2.05, 4.69) is 4.72 Å². The highest BCUT2D eigenvalue weighted by Crippen LogP contribution is 2.38. The first-order valence-corrected chi connectivity index (χ1v) is 8.12. The summed E-state index contributed by atoms with van der Waals surface area (Å²) in [7, 11) is -3.90. The molecule has 1 aliphatic carbocycles. The maximum absolute atomic E-state index is 12.3. The van der Waals surface area contributed by atoms with Crippen molar-refractivity contribution in [3.8, 4) is 6.07 Å². The Labute approximate surface area is 123 Å². The molecule has 2 N–H and O–H groups in total. The van der Waals surface area contributed by atoms with Crippen molar-refractivity contribution in [3.05, 3.63) is 29.8 Å². The third-order valence-corrected chi connectivity index (χ3v) is 5.37. The van der Waals surface area contributed by atoms with Gasteiger partial charge in [-0.3, -0.25) is 4.79 Å². The first-order valence-electron chi connectivity index (χ1n) is 6.63. The van der Waals surface area contributed by atoms with Crippen molar-refractivity contribution in [3.63, 3.8) is 0 Å². The van der Waals surface area contributed by atoms with Gasteiger partial charge >= 0.3 is 5.97 Å². The van der Waals surface area contributed by atoms with Gasteiger partial charge in [0.25, 0.3) is 0 Å². The van der Waals surface area contributed by atoms with Gasteiger partial charge in [0.2, 0.25) is 10.0 Å². The maximum atomic E-state index is 12.3. The lowest BCUT2D eigenvalue weighted by Gasteiger charge is -2.24. The van der Waals surface area contributed by atoms with Gasteiger partial charge in [-0.15, -0.1) is 0 Å². The Kier molecular flexibility index (Phi) is 4.30. The van der Waals surface area contributed by atoms with Crippen molar-refractivity contribution in [2.24, 2.45) is 5.41 Å². The van der Waals surface area contributed by atoms with E-state index in [1.54, 1.807) is 6.07 Å². The van der Waals surface area contributed by atoms with E-state index in [0.717, 1.165) is 12.8 Å². The van der Waals surface area contributed by atoms with Crippen molar-refractivity contribution in [1.29, 1.82) is 5.26 Å². The number of benzene rings is 1. The van der Waals surface area contributed by atoms with E-state index in [1.807, 2.05) is 6.07 Å². The smallest absolute Gasteiger partial charge is 0.310 e. The molecule has 7 heteroatoms. The minimum atomic E-state index is -3.90. The van der Waals surface area contributed by atoms with Gasteiger partial charge in [-0.2, -0.15) is 5.26 Å². The van der Waals surface area contributed by atoms with Gasteiger partial charge < -0.3 is 5.11 Å². The fraction of sp³-hybridized carbons (Fsp3) is 0.429. The molecular formula is C14H16N2O4S. The van der Waals surface area contributed by atoms with Gasteiger partial charge in [-0.05, 0) is 25.0 Å². The third-order valence-electron chi connectivity index (χ3n) is 3.91. The van der Waals surface area contributed by atoms with Gasteiger partial charge in [0.15, 0.2) is 0 Å². The van der Waals surface area contributed by atoms with Crippen LogP contribution in [0.15, 0.2) is 29.2 Å². The summed E-state index contributed by atoms with van der Waals surface area (Å²) < 4.78 is 26.9. The van der Waals surface area contributed by atoms with Crippen LogP contribution < -0.4 is 4.72 Å². The number of nitrogens with zero attached hydrogens (tertiary/aromatic N) is 1. The molecule has 0 amide bonds. The fourth-order valence-corrected chi connectivity index (χ4v) is 3.91. The van der Waals surface area contributed by atoms with Crippen molar-refractivity contribution < 1.29 is 18.3 Å². The predicted molar refractivity (Wildman–Crippen MR) is 74.9 cm³/mol. The molecule has 0 radical (unpaired) electrons. The second-order valence-electron chi connectivity index (χ2n) is 5.23.